The van der Waals surface area contributed by atoms with E-state index in [-0.39, 0.29) is 11.8 Å². The number of carbonyl (C=O) groups is 2. The first-order chi connectivity index (χ1) is 13.5. The van der Waals surface area contributed by atoms with E-state index in [1.54, 1.807) is 0 Å². The van der Waals surface area contributed by atoms with Gasteiger partial charge in [0.25, 0.3) is 0 Å². The molecule has 6 nitrogen and oxygen atoms in total. The van der Waals surface area contributed by atoms with Gasteiger partial charge in [-0.2, -0.15) is 0 Å². The zero-order valence-corrected chi connectivity index (χ0v) is 18.7. The summed E-state index contributed by atoms with van der Waals surface area (Å²) in [6, 6.07) is 0. The van der Waals surface area contributed by atoms with E-state index >= 15 is 0 Å². The largest absolute Gasteiger partial charge is 0.343 e. The lowest BCUT2D eigenvalue weighted by Gasteiger charge is -2.38. The number of piperidine rings is 2. The molecule has 2 aliphatic heterocycles. The van der Waals surface area contributed by atoms with Gasteiger partial charge in [0.05, 0.1) is 11.8 Å². The Balaban J connectivity index is 1.81. The van der Waals surface area contributed by atoms with Gasteiger partial charge in [-0.15, -0.1) is 0 Å². The molecule has 28 heavy (non-hydrogen) atoms. The molecular weight excluding hydrogens is 352 g/mol. The maximum atomic E-state index is 12.7. The second-order valence-electron chi connectivity index (χ2n) is 8.30. The number of hydrogen-bond acceptors (Lipinski definition) is 4. The van der Waals surface area contributed by atoms with Gasteiger partial charge >= 0.3 is 0 Å². The molecule has 2 fully saturated rings. The smallest absolute Gasteiger partial charge is 0.226 e. The maximum Gasteiger partial charge on any atom is 0.226 e. The van der Waals surface area contributed by atoms with Crippen LogP contribution in [-0.2, 0) is 9.59 Å². The van der Waals surface area contributed by atoms with Gasteiger partial charge in [0.2, 0.25) is 11.8 Å². The van der Waals surface area contributed by atoms with Crippen molar-refractivity contribution in [2.45, 2.75) is 53.4 Å². The van der Waals surface area contributed by atoms with Crippen LogP contribution < -0.4 is 0 Å². The van der Waals surface area contributed by atoms with Crippen LogP contribution in [0.5, 0.6) is 0 Å². The lowest BCUT2D eigenvalue weighted by Crippen LogP contribution is -2.49. The van der Waals surface area contributed by atoms with E-state index in [0.29, 0.717) is 11.8 Å². The van der Waals surface area contributed by atoms with E-state index in [4.69, 9.17) is 0 Å². The van der Waals surface area contributed by atoms with E-state index in [1.807, 2.05) is 9.80 Å². The second kappa shape index (κ2) is 11.8. The lowest BCUT2D eigenvalue weighted by atomic mass is 9.95. The van der Waals surface area contributed by atoms with Gasteiger partial charge in [-0.05, 0) is 66.5 Å². The Bertz CT molecular complexity index is 447. The highest BCUT2D eigenvalue weighted by Gasteiger charge is 2.30. The molecule has 162 valence electrons. The molecule has 2 amide bonds. The summed E-state index contributed by atoms with van der Waals surface area (Å²) in [5.41, 5.74) is 0. The van der Waals surface area contributed by atoms with Gasteiger partial charge in [-0.3, -0.25) is 9.59 Å². The Morgan fingerprint density at radius 2 is 1.07 bits per heavy atom. The summed E-state index contributed by atoms with van der Waals surface area (Å²) in [5.74, 6) is 0.981. The van der Waals surface area contributed by atoms with Crippen LogP contribution in [-0.4, -0.2) is 96.9 Å². The molecule has 2 unspecified atom stereocenters. The van der Waals surface area contributed by atoms with Crippen molar-refractivity contribution in [2.75, 3.05) is 65.4 Å². The molecule has 2 heterocycles. The quantitative estimate of drug-likeness (QED) is 0.601. The highest BCUT2D eigenvalue weighted by Crippen LogP contribution is 2.21. The van der Waals surface area contributed by atoms with Crippen molar-refractivity contribution >= 4 is 11.8 Å². The lowest BCUT2D eigenvalue weighted by molar-refractivity contribution is -0.138. The average molecular weight is 395 g/mol. The van der Waals surface area contributed by atoms with Gasteiger partial charge in [0, 0.05) is 52.4 Å². The zero-order valence-electron chi connectivity index (χ0n) is 18.7. The topological polar surface area (TPSA) is 47.1 Å². The minimum atomic E-state index is 0.159. The van der Waals surface area contributed by atoms with E-state index < -0.39 is 0 Å². The van der Waals surface area contributed by atoms with Crippen LogP contribution in [0.15, 0.2) is 0 Å². The Morgan fingerprint density at radius 1 is 0.714 bits per heavy atom. The summed E-state index contributed by atoms with van der Waals surface area (Å²) in [7, 11) is 0. The van der Waals surface area contributed by atoms with Gasteiger partial charge in [0.15, 0.2) is 0 Å². The molecule has 2 saturated heterocycles. The molecule has 0 radical (unpaired) electrons. The molecular formula is C22H42N4O2. The number of amides is 2. The Kier molecular flexibility index (Phi) is 9.72. The number of carbonyl (C=O) groups excluding carboxylic acids is 2. The van der Waals surface area contributed by atoms with E-state index in [2.05, 4.69) is 37.5 Å². The second-order valence-corrected chi connectivity index (χ2v) is 8.30. The number of hydrogen-bond donors (Lipinski definition) is 0. The standard InChI is InChI=1S/C22H42N4O2/c1-5-25(6-2)21(27)19-11-9-13-23(17-19)15-16-24-14-10-12-20(18-24)22(28)26(7-3)8-4/h19-20H,5-18H2,1-4H3. The molecule has 0 aliphatic carbocycles. The highest BCUT2D eigenvalue weighted by molar-refractivity contribution is 5.79. The minimum absolute atomic E-state index is 0.159. The van der Waals surface area contributed by atoms with Crippen LogP contribution in [0, 0.1) is 11.8 Å². The van der Waals surface area contributed by atoms with Crippen LogP contribution >= 0.6 is 0 Å². The molecule has 0 bridgehead atoms. The van der Waals surface area contributed by atoms with E-state index in [0.717, 1.165) is 91.1 Å². The molecule has 2 atom stereocenters. The van der Waals surface area contributed by atoms with Crippen LogP contribution in [0.25, 0.3) is 0 Å². The van der Waals surface area contributed by atoms with Crippen molar-refractivity contribution in [3.05, 3.63) is 0 Å². The van der Waals surface area contributed by atoms with E-state index in [9.17, 15) is 9.59 Å². The van der Waals surface area contributed by atoms with Crippen LogP contribution in [0.4, 0.5) is 0 Å². The Labute approximate surface area is 172 Å². The average Bonchev–Trinajstić information content (AvgIpc) is 2.74. The third-order valence-electron chi connectivity index (χ3n) is 6.59. The normalized spacial score (nSPS) is 24.1. The zero-order chi connectivity index (χ0) is 20.5. The fraction of sp³-hybridized carbons (Fsp3) is 0.909. The Hall–Kier alpha value is -1.14. The number of rotatable bonds is 9. The van der Waals surface area contributed by atoms with Crippen molar-refractivity contribution in [1.82, 2.24) is 19.6 Å². The monoisotopic (exact) mass is 394 g/mol. The SMILES string of the molecule is CCN(CC)C(=O)C1CCCN(CCN2CCCC(C(=O)N(CC)CC)C2)C1. The minimum Gasteiger partial charge on any atom is -0.343 e. The van der Waals surface area contributed by atoms with Crippen molar-refractivity contribution in [3.63, 3.8) is 0 Å². The van der Waals surface area contributed by atoms with Gasteiger partial charge in [-0.1, -0.05) is 0 Å². The predicted molar refractivity (Wildman–Crippen MR) is 114 cm³/mol. The van der Waals surface area contributed by atoms with E-state index in [1.165, 1.54) is 0 Å². The van der Waals surface area contributed by atoms with Gasteiger partial charge < -0.3 is 19.6 Å². The van der Waals surface area contributed by atoms with Gasteiger partial charge in [0.1, 0.15) is 0 Å². The first-order valence-electron chi connectivity index (χ1n) is 11.6. The van der Waals surface area contributed by atoms with Crippen LogP contribution in [0.1, 0.15) is 53.4 Å². The molecule has 2 rings (SSSR count). The molecule has 0 aromatic rings. The number of nitrogens with zero attached hydrogens (tertiary/aromatic N) is 4. The summed E-state index contributed by atoms with van der Waals surface area (Å²) in [4.78, 5) is 34.3. The molecule has 6 heteroatoms. The predicted octanol–water partition coefficient (Wildman–Crippen LogP) is 2.15. The summed E-state index contributed by atoms with van der Waals surface area (Å²) in [5, 5.41) is 0. The van der Waals surface area contributed by atoms with Crippen LogP contribution in [0.2, 0.25) is 0 Å². The summed E-state index contributed by atoms with van der Waals surface area (Å²) >= 11 is 0. The Morgan fingerprint density at radius 3 is 1.39 bits per heavy atom. The summed E-state index contributed by atoms with van der Waals surface area (Å²) in [6.45, 7) is 17.5. The summed E-state index contributed by atoms with van der Waals surface area (Å²) < 4.78 is 0. The van der Waals surface area contributed by atoms with Crippen molar-refractivity contribution in [3.8, 4) is 0 Å². The van der Waals surface area contributed by atoms with Crippen LogP contribution in [0.3, 0.4) is 0 Å². The van der Waals surface area contributed by atoms with Gasteiger partial charge in [-0.25, -0.2) is 0 Å². The molecule has 2 aliphatic rings. The fourth-order valence-corrected chi connectivity index (χ4v) is 4.79. The molecule has 0 N–H and O–H groups in total. The highest BCUT2D eigenvalue weighted by atomic mass is 16.2. The summed E-state index contributed by atoms with van der Waals surface area (Å²) in [6.07, 6.45) is 4.27. The molecule has 0 spiro atoms. The fourth-order valence-electron chi connectivity index (χ4n) is 4.79. The molecule has 0 aromatic carbocycles. The number of likely N-dealkylation sites (tertiary alicyclic amines) is 2. The third kappa shape index (κ3) is 6.18. The first-order valence-corrected chi connectivity index (χ1v) is 11.6. The molecule has 0 aromatic heterocycles. The van der Waals surface area contributed by atoms with Crippen molar-refractivity contribution in [2.24, 2.45) is 11.8 Å². The van der Waals surface area contributed by atoms with Crippen molar-refractivity contribution in [1.29, 1.82) is 0 Å². The maximum absolute atomic E-state index is 12.7. The first kappa shape index (κ1) is 23.1. The third-order valence-corrected chi connectivity index (χ3v) is 6.59. The van der Waals surface area contributed by atoms with Crippen molar-refractivity contribution < 1.29 is 9.59 Å². The molecule has 0 saturated carbocycles.